The molecule has 0 aliphatic rings. The summed E-state index contributed by atoms with van der Waals surface area (Å²) in [6.07, 6.45) is 0. The Labute approximate surface area is 153 Å². The third-order valence-electron chi connectivity index (χ3n) is 3.53. The van der Waals surface area contributed by atoms with E-state index in [0.29, 0.717) is 38.5 Å². The van der Waals surface area contributed by atoms with Crippen molar-refractivity contribution in [3.05, 3.63) is 40.9 Å². The van der Waals surface area contributed by atoms with Crippen molar-refractivity contribution in [2.45, 2.75) is 0 Å². The number of nitrogens with one attached hydrogen (secondary N) is 1. The van der Waals surface area contributed by atoms with Gasteiger partial charge < -0.3 is 14.2 Å². The third kappa shape index (κ3) is 3.47. The Morgan fingerprint density at radius 2 is 1.76 bits per heavy atom. The standard InChI is InChI=1S/C17H15ClN2O4S/c1-22-12-5-4-9(6-14(12)24-3)16(21)20-17-19-11-7-10(18)13(23-2)8-15(11)25-17/h4-8H,1-3H3,(H,19,20,21). The van der Waals surface area contributed by atoms with Crippen LogP contribution in [-0.2, 0) is 0 Å². The maximum absolute atomic E-state index is 12.5. The fourth-order valence-electron chi connectivity index (χ4n) is 2.29. The summed E-state index contributed by atoms with van der Waals surface area (Å²) in [7, 11) is 4.61. The minimum absolute atomic E-state index is 0.293. The Balaban J connectivity index is 1.86. The Hall–Kier alpha value is -2.51. The van der Waals surface area contributed by atoms with Crippen molar-refractivity contribution in [3.8, 4) is 17.2 Å². The molecular weight excluding hydrogens is 364 g/mol. The van der Waals surface area contributed by atoms with Gasteiger partial charge in [-0.3, -0.25) is 10.1 Å². The van der Waals surface area contributed by atoms with Gasteiger partial charge in [0.2, 0.25) is 0 Å². The van der Waals surface area contributed by atoms with E-state index in [-0.39, 0.29) is 5.91 Å². The summed E-state index contributed by atoms with van der Waals surface area (Å²) in [4.78, 5) is 16.8. The molecule has 0 bridgehead atoms. The second-order valence-corrected chi connectivity index (χ2v) is 6.44. The second-order valence-electron chi connectivity index (χ2n) is 5.00. The highest BCUT2D eigenvalue weighted by Gasteiger charge is 2.14. The van der Waals surface area contributed by atoms with E-state index in [0.717, 1.165) is 4.70 Å². The van der Waals surface area contributed by atoms with Crippen molar-refractivity contribution in [2.24, 2.45) is 0 Å². The number of nitrogens with zero attached hydrogens (tertiary/aromatic N) is 1. The van der Waals surface area contributed by atoms with Crippen LogP contribution in [0.1, 0.15) is 10.4 Å². The molecule has 0 radical (unpaired) electrons. The lowest BCUT2D eigenvalue weighted by Gasteiger charge is -2.09. The van der Waals surface area contributed by atoms with Crippen molar-refractivity contribution in [1.82, 2.24) is 4.98 Å². The lowest BCUT2D eigenvalue weighted by Crippen LogP contribution is -2.11. The van der Waals surface area contributed by atoms with E-state index in [1.807, 2.05) is 0 Å². The minimum atomic E-state index is -0.293. The summed E-state index contributed by atoms with van der Waals surface area (Å²) in [5.74, 6) is 1.31. The van der Waals surface area contributed by atoms with Crippen molar-refractivity contribution in [1.29, 1.82) is 0 Å². The molecule has 0 unspecified atom stereocenters. The van der Waals surface area contributed by atoms with E-state index in [2.05, 4.69) is 10.3 Å². The molecule has 3 rings (SSSR count). The summed E-state index contributed by atoms with van der Waals surface area (Å²) in [5.41, 5.74) is 1.13. The van der Waals surface area contributed by atoms with Gasteiger partial charge in [0.15, 0.2) is 16.6 Å². The van der Waals surface area contributed by atoms with E-state index >= 15 is 0 Å². The first-order chi connectivity index (χ1) is 12.0. The molecule has 0 atom stereocenters. The molecule has 130 valence electrons. The van der Waals surface area contributed by atoms with Gasteiger partial charge in [0.1, 0.15) is 5.75 Å². The fourth-order valence-corrected chi connectivity index (χ4v) is 3.39. The normalized spacial score (nSPS) is 10.6. The molecule has 25 heavy (non-hydrogen) atoms. The molecule has 0 aliphatic heterocycles. The molecule has 2 aromatic carbocycles. The summed E-state index contributed by atoms with van der Waals surface area (Å²) in [6, 6.07) is 8.45. The van der Waals surface area contributed by atoms with Crippen molar-refractivity contribution >= 4 is 44.2 Å². The number of hydrogen-bond acceptors (Lipinski definition) is 6. The summed E-state index contributed by atoms with van der Waals surface area (Å²) < 4.78 is 16.4. The highest BCUT2D eigenvalue weighted by Crippen LogP contribution is 2.35. The zero-order chi connectivity index (χ0) is 18.0. The monoisotopic (exact) mass is 378 g/mol. The number of anilines is 1. The van der Waals surface area contributed by atoms with Crippen LogP contribution in [0.4, 0.5) is 5.13 Å². The van der Waals surface area contributed by atoms with Gasteiger partial charge in [0, 0.05) is 11.6 Å². The number of rotatable bonds is 5. The molecule has 0 saturated heterocycles. The number of ether oxygens (including phenoxy) is 3. The number of carbonyl (C=O) groups is 1. The zero-order valence-corrected chi connectivity index (χ0v) is 15.3. The second kappa shape index (κ2) is 7.16. The largest absolute Gasteiger partial charge is 0.495 e. The Morgan fingerprint density at radius 3 is 2.44 bits per heavy atom. The molecule has 0 fully saturated rings. The maximum atomic E-state index is 12.5. The molecule has 3 aromatic rings. The van der Waals surface area contributed by atoms with E-state index in [9.17, 15) is 4.79 Å². The van der Waals surface area contributed by atoms with Gasteiger partial charge in [-0.05, 0) is 24.3 Å². The van der Waals surface area contributed by atoms with Gasteiger partial charge in [-0.1, -0.05) is 22.9 Å². The van der Waals surface area contributed by atoms with E-state index < -0.39 is 0 Å². The van der Waals surface area contributed by atoms with Crippen LogP contribution < -0.4 is 19.5 Å². The third-order valence-corrected chi connectivity index (χ3v) is 4.76. The van der Waals surface area contributed by atoms with Gasteiger partial charge in [-0.25, -0.2) is 4.98 Å². The first-order valence-corrected chi connectivity index (χ1v) is 8.42. The number of aromatic nitrogens is 1. The molecule has 0 saturated carbocycles. The average Bonchev–Trinajstić information content (AvgIpc) is 3.00. The smallest absolute Gasteiger partial charge is 0.257 e. The van der Waals surface area contributed by atoms with Crippen molar-refractivity contribution in [2.75, 3.05) is 26.6 Å². The number of benzene rings is 2. The van der Waals surface area contributed by atoms with E-state index in [1.165, 1.54) is 25.6 Å². The summed E-state index contributed by atoms with van der Waals surface area (Å²) in [5, 5.41) is 3.72. The first-order valence-electron chi connectivity index (χ1n) is 7.23. The quantitative estimate of drug-likeness (QED) is 0.719. The molecule has 0 spiro atoms. The van der Waals surface area contributed by atoms with E-state index in [4.69, 9.17) is 25.8 Å². The molecule has 6 nitrogen and oxygen atoms in total. The number of carbonyl (C=O) groups excluding carboxylic acids is 1. The molecule has 0 aliphatic carbocycles. The molecule has 1 aromatic heterocycles. The van der Waals surface area contributed by atoms with Crippen molar-refractivity contribution < 1.29 is 19.0 Å². The van der Waals surface area contributed by atoms with Crippen LogP contribution in [0.2, 0.25) is 5.02 Å². The molecular formula is C17H15ClN2O4S. The maximum Gasteiger partial charge on any atom is 0.257 e. The van der Waals surface area contributed by atoms with Crippen molar-refractivity contribution in [3.63, 3.8) is 0 Å². The lowest BCUT2D eigenvalue weighted by atomic mass is 10.2. The zero-order valence-electron chi connectivity index (χ0n) is 13.8. The predicted molar refractivity (Wildman–Crippen MR) is 98.7 cm³/mol. The van der Waals surface area contributed by atoms with Crippen LogP contribution in [-0.4, -0.2) is 32.2 Å². The highest BCUT2D eigenvalue weighted by atomic mass is 35.5. The number of thiazole rings is 1. The highest BCUT2D eigenvalue weighted by molar-refractivity contribution is 7.22. The van der Waals surface area contributed by atoms with Gasteiger partial charge >= 0.3 is 0 Å². The minimum Gasteiger partial charge on any atom is -0.495 e. The summed E-state index contributed by atoms with van der Waals surface area (Å²) in [6.45, 7) is 0. The molecule has 1 heterocycles. The van der Waals surface area contributed by atoms with Crippen LogP contribution in [0, 0.1) is 0 Å². The molecule has 1 amide bonds. The SMILES string of the molecule is COc1cc2sc(NC(=O)c3ccc(OC)c(OC)c3)nc2cc1Cl. The fraction of sp³-hybridized carbons (Fsp3) is 0.176. The lowest BCUT2D eigenvalue weighted by molar-refractivity contribution is 0.102. The van der Waals surface area contributed by atoms with Crippen LogP contribution in [0.3, 0.4) is 0 Å². The number of methoxy groups -OCH3 is 3. The number of halogens is 1. The van der Waals surface area contributed by atoms with Gasteiger partial charge in [-0.15, -0.1) is 0 Å². The topological polar surface area (TPSA) is 69.7 Å². The van der Waals surface area contributed by atoms with Crippen LogP contribution in [0.15, 0.2) is 30.3 Å². The average molecular weight is 379 g/mol. The number of fused-ring (bicyclic) bond motifs is 1. The van der Waals surface area contributed by atoms with Crippen LogP contribution in [0.5, 0.6) is 17.2 Å². The Kier molecular flexibility index (Phi) is 4.96. The van der Waals surface area contributed by atoms with Gasteiger partial charge in [0.05, 0.1) is 36.6 Å². The molecule has 8 heteroatoms. The molecule has 1 N–H and O–H groups in total. The van der Waals surface area contributed by atoms with Crippen LogP contribution >= 0.6 is 22.9 Å². The number of amides is 1. The van der Waals surface area contributed by atoms with Gasteiger partial charge in [0.25, 0.3) is 5.91 Å². The van der Waals surface area contributed by atoms with Crippen LogP contribution in [0.25, 0.3) is 10.2 Å². The Bertz CT molecular complexity index is 942. The number of hydrogen-bond donors (Lipinski definition) is 1. The van der Waals surface area contributed by atoms with E-state index in [1.54, 1.807) is 37.4 Å². The predicted octanol–water partition coefficient (Wildman–Crippen LogP) is 4.23. The Morgan fingerprint density at radius 1 is 1.04 bits per heavy atom. The van der Waals surface area contributed by atoms with Gasteiger partial charge in [-0.2, -0.15) is 0 Å². The summed E-state index contributed by atoms with van der Waals surface area (Å²) >= 11 is 7.44. The first kappa shape index (κ1) is 17.3.